The summed E-state index contributed by atoms with van der Waals surface area (Å²) in [5.41, 5.74) is 7.56. The number of imidazole rings is 1. The van der Waals surface area contributed by atoms with Crippen LogP contribution in [0, 0.1) is 35.0 Å². The number of hydrogen-bond donors (Lipinski definition) is 18. The number of carbonyl (C=O) groups is 12. The van der Waals surface area contributed by atoms with Crippen LogP contribution in [0.5, 0.6) is 5.75 Å². The van der Waals surface area contributed by atoms with Gasteiger partial charge in [0, 0.05) is 65.5 Å². The molecule has 19 N–H and O–H groups in total. The van der Waals surface area contributed by atoms with Gasteiger partial charge in [-0.15, -0.1) is 0 Å². The number of aliphatic hydroxyl groups is 1. The van der Waals surface area contributed by atoms with E-state index in [2.05, 4.69) is 68.5 Å². The maximum absolute atomic E-state index is 14.8. The molecule has 33 nitrogen and oxygen atoms in total. The van der Waals surface area contributed by atoms with Crippen LogP contribution in [0.2, 0.25) is 0 Å². The zero-order chi connectivity index (χ0) is 81.4. The van der Waals surface area contributed by atoms with E-state index in [1.54, 1.807) is 130 Å². The lowest BCUT2D eigenvalue weighted by atomic mass is 9.90. The second-order valence-corrected chi connectivity index (χ2v) is 29.2. The minimum absolute atomic E-state index is 0.0253. The number of aromatic nitrogens is 2. The van der Waals surface area contributed by atoms with Crippen molar-refractivity contribution in [3.8, 4) is 28.2 Å². The van der Waals surface area contributed by atoms with Gasteiger partial charge >= 0.3 is 11.9 Å². The summed E-state index contributed by atoms with van der Waals surface area (Å²) in [6.45, 7) is 18.1. The monoisotopic (exact) mass is 1530 g/mol. The van der Waals surface area contributed by atoms with Crippen LogP contribution in [-0.4, -0.2) is 180 Å². The molecular formula is C77H103N15O18. The molecule has 3 aromatic carbocycles. The van der Waals surface area contributed by atoms with Crippen LogP contribution in [0.15, 0.2) is 113 Å². The molecule has 110 heavy (non-hydrogen) atoms. The highest BCUT2D eigenvalue weighted by atomic mass is 16.4. The minimum Gasteiger partial charge on any atom is -0.508 e. The molecule has 594 valence electrons. The molecule has 11 atom stereocenters. The van der Waals surface area contributed by atoms with Gasteiger partial charge in [0.2, 0.25) is 53.2 Å². The summed E-state index contributed by atoms with van der Waals surface area (Å²) < 4.78 is 6.04. The highest BCUT2D eigenvalue weighted by Crippen LogP contribution is 2.42. The minimum atomic E-state index is -1.97. The maximum Gasteiger partial charge on any atom is 0.326 e. The fourth-order valence-electron chi connectivity index (χ4n) is 12.3. The van der Waals surface area contributed by atoms with Crippen LogP contribution in [0.1, 0.15) is 136 Å². The van der Waals surface area contributed by atoms with Gasteiger partial charge in [-0.05, 0) is 110 Å². The molecule has 0 saturated heterocycles. The van der Waals surface area contributed by atoms with E-state index in [0.717, 1.165) is 6.92 Å². The standard InChI is InChI=1S/C77H103N15O18/c1-38(2)28-53(85-69(101)56(31-44-18-13-12-14-19-44)84-66(98)49-21-16-15-20-48(49)62-50-25-23-46(94)33-59(50)110-60-34-47(95)24-26-51(60)62)67(99)87-58(35-61(96)97)72(104)92-65(43(11)93)75(107)89-55(30-40(5)6)71(103)90-64(42(9)10)74(106)91-63(41(7)8)73(105)88-54(29-39(3)4)68(100)86-57(32-45-36-80-37-82-45)70(102)83-52(76(108)109)22-17-27-81-77(78)79/h12-16,18-21,23-26,33-34,36-43,52-58,63-65,93-94H,17,22,27-32,35H2,1-11H3,(H,80,82)(H,83,102)(H,84,98)(H,85,101)(H,86,100)(H,87,99)(H,88,105)(H,89,107)(H,90,103)(H,91,106)(H,92,104)(H,96,97)(H,108,109)(H4,78,79,81)/t43-,52+,53+,54+,55+,56+,57+,58+,63+,64+,65+/m1/s1. The molecule has 0 radical (unpaired) electrons. The fraction of sp³-hybridized carbons (Fsp3) is 0.468. The molecule has 10 amide bonds. The lowest BCUT2D eigenvalue weighted by Gasteiger charge is -2.31. The van der Waals surface area contributed by atoms with E-state index < -0.39 is 156 Å². The summed E-state index contributed by atoms with van der Waals surface area (Å²) in [4.78, 5) is 188. The Hall–Kier alpha value is -11.8. The molecule has 0 bridgehead atoms. The number of nitrogens with zero attached hydrogens (tertiary/aromatic N) is 1. The number of phenolic OH excluding ortho intramolecular Hbond substituents is 1. The van der Waals surface area contributed by atoms with Gasteiger partial charge in [0.25, 0.3) is 5.91 Å². The normalized spacial score (nSPS) is 14.4. The van der Waals surface area contributed by atoms with Gasteiger partial charge in [-0.25, -0.2) is 9.78 Å². The van der Waals surface area contributed by atoms with E-state index in [0.29, 0.717) is 33.3 Å². The number of hydrogen-bond acceptors (Lipinski definition) is 18. The number of aromatic amines is 1. The molecule has 1 aliphatic carbocycles. The Balaban J connectivity index is 1.16. The number of aromatic hydroxyl groups is 1. The van der Waals surface area contributed by atoms with Crippen molar-refractivity contribution in [1.29, 1.82) is 5.41 Å². The third-order valence-corrected chi connectivity index (χ3v) is 17.8. The molecule has 4 aromatic rings. The van der Waals surface area contributed by atoms with Crippen molar-refractivity contribution < 1.29 is 82.4 Å². The molecule has 1 aromatic heterocycles. The van der Waals surface area contributed by atoms with Gasteiger partial charge < -0.3 is 94.0 Å². The summed E-state index contributed by atoms with van der Waals surface area (Å²) in [5, 5.41) is 78.0. The smallest absolute Gasteiger partial charge is 0.326 e. The number of H-pyrrole nitrogens is 1. The number of amides is 10. The molecular weight excluding hydrogens is 1420 g/mol. The van der Waals surface area contributed by atoms with Crippen molar-refractivity contribution in [3.05, 3.63) is 131 Å². The number of carboxylic acid groups (broad SMARTS) is 2. The Morgan fingerprint density at radius 3 is 1.55 bits per heavy atom. The van der Waals surface area contributed by atoms with Crippen molar-refractivity contribution in [2.45, 2.75) is 194 Å². The molecule has 2 heterocycles. The quantitative estimate of drug-likeness (QED) is 0.0113. The molecule has 0 saturated carbocycles. The van der Waals surface area contributed by atoms with Crippen LogP contribution < -0.4 is 69.6 Å². The van der Waals surface area contributed by atoms with Crippen LogP contribution in [0.25, 0.3) is 33.4 Å². The maximum atomic E-state index is 14.8. The lowest BCUT2D eigenvalue weighted by molar-refractivity contribution is -0.142. The number of fused-ring (bicyclic) bond motifs is 2. The summed E-state index contributed by atoms with van der Waals surface area (Å²) in [7, 11) is 0. The third kappa shape index (κ3) is 26.0. The zero-order valence-corrected chi connectivity index (χ0v) is 63.4. The fourth-order valence-corrected chi connectivity index (χ4v) is 12.3. The second-order valence-electron chi connectivity index (χ2n) is 29.2. The van der Waals surface area contributed by atoms with E-state index in [-0.39, 0.29) is 103 Å². The third-order valence-electron chi connectivity index (χ3n) is 17.8. The van der Waals surface area contributed by atoms with Crippen LogP contribution in [0.4, 0.5) is 0 Å². The van der Waals surface area contributed by atoms with E-state index >= 15 is 0 Å². The first-order chi connectivity index (χ1) is 51.9. The number of carbonyl (C=O) groups excluding carboxylic acids is 10. The first-order valence-corrected chi connectivity index (χ1v) is 36.5. The zero-order valence-electron chi connectivity index (χ0n) is 63.4. The van der Waals surface area contributed by atoms with Gasteiger partial charge in [-0.2, -0.15) is 0 Å². The molecule has 2 aliphatic rings. The predicted molar refractivity (Wildman–Crippen MR) is 406 cm³/mol. The highest BCUT2D eigenvalue weighted by Gasteiger charge is 2.40. The van der Waals surface area contributed by atoms with E-state index in [1.807, 2.05) is 0 Å². The number of rotatable bonds is 41. The predicted octanol–water partition coefficient (Wildman–Crippen LogP) is 2.59. The van der Waals surface area contributed by atoms with Crippen molar-refractivity contribution in [2.24, 2.45) is 35.3 Å². The van der Waals surface area contributed by atoms with Gasteiger partial charge in [0.05, 0.1) is 18.9 Å². The number of carboxylic acids is 2. The van der Waals surface area contributed by atoms with E-state index in [1.165, 1.54) is 42.9 Å². The number of benzene rings is 4. The Morgan fingerprint density at radius 1 is 0.527 bits per heavy atom. The van der Waals surface area contributed by atoms with Gasteiger partial charge in [-0.3, -0.25) is 62.9 Å². The number of guanidine groups is 1. The Morgan fingerprint density at radius 2 is 1.01 bits per heavy atom. The molecule has 33 heteroatoms. The number of nitrogens with two attached hydrogens (primary N) is 1. The summed E-state index contributed by atoms with van der Waals surface area (Å²) in [6.07, 6.45) is -0.404. The average molecular weight is 1530 g/mol. The SMILES string of the molecule is CC(C)C[C@H](NC(=O)[C@H](Cc1ccccc1)NC(=O)c1ccccc1-c1c2ccc(=O)cc-2oc2cc(O)ccc12)C(=O)N[C@@H](CC(=O)O)C(=O)N[C@H](C(=O)N[C@@H](CC(C)C)C(=O)N[C@H](C(=O)N[C@H](C(=O)N[C@@H](CC(C)C)C(=O)N[C@@H](Cc1cnc[nH]1)C(=O)N[C@@H](CCCNC(=N)N)C(=O)O)C(C)C)C(C)C)[C@@H](C)O. The Bertz CT molecular complexity index is 4260. The van der Waals surface area contributed by atoms with Crippen LogP contribution >= 0.6 is 0 Å². The second kappa shape index (κ2) is 41.0. The molecule has 0 spiro atoms. The summed E-state index contributed by atoms with van der Waals surface area (Å²) >= 11 is 0. The molecule has 1 aliphatic heterocycles. The van der Waals surface area contributed by atoms with Gasteiger partial charge in [0.1, 0.15) is 77.5 Å². The molecule has 0 fully saturated rings. The number of nitrogens with one attached hydrogen (secondary N) is 13. The Kier molecular flexibility index (Phi) is 32.5. The largest absolute Gasteiger partial charge is 0.508 e. The van der Waals surface area contributed by atoms with Crippen molar-refractivity contribution in [1.82, 2.24) is 68.5 Å². The average Bonchev–Trinajstić information content (AvgIpc) is 0.834. The van der Waals surface area contributed by atoms with E-state index in [9.17, 15) is 82.8 Å². The lowest BCUT2D eigenvalue weighted by Crippen LogP contribution is -2.63. The topological polar surface area (TPSA) is 527 Å². The summed E-state index contributed by atoms with van der Waals surface area (Å²) in [5.74, 6) is -14.9. The van der Waals surface area contributed by atoms with Crippen molar-refractivity contribution in [3.63, 3.8) is 0 Å². The Labute approximate surface area is 636 Å². The van der Waals surface area contributed by atoms with Crippen molar-refractivity contribution in [2.75, 3.05) is 6.54 Å². The van der Waals surface area contributed by atoms with Gasteiger partial charge in [-0.1, -0.05) is 118 Å². The van der Waals surface area contributed by atoms with E-state index in [4.69, 9.17) is 15.6 Å². The molecule has 6 rings (SSSR count). The molecule has 0 unspecified atom stereocenters. The summed E-state index contributed by atoms with van der Waals surface area (Å²) in [6, 6.07) is 8.54. The number of aliphatic carboxylic acids is 2. The number of aliphatic hydroxyl groups excluding tert-OH is 1. The van der Waals surface area contributed by atoms with Crippen molar-refractivity contribution >= 4 is 87.9 Å². The highest BCUT2D eigenvalue weighted by molar-refractivity contribution is 6.10. The first-order valence-electron chi connectivity index (χ1n) is 36.5. The first kappa shape index (κ1) is 87.1. The van der Waals surface area contributed by atoms with Crippen LogP contribution in [0.3, 0.4) is 0 Å². The van der Waals surface area contributed by atoms with Gasteiger partial charge in [0.15, 0.2) is 11.4 Å². The van der Waals surface area contributed by atoms with Crippen LogP contribution in [-0.2, 0) is 65.6 Å². The number of phenols is 1.